The molecule has 0 fully saturated rings. The van der Waals surface area contributed by atoms with Crippen LogP contribution < -0.4 is 0 Å². The number of hydrogen-bond acceptors (Lipinski definition) is 0. The second-order valence-electron chi connectivity index (χ2n) is 6.06. The van der Waals surface area contributed by atoms with Crippen molar-refractivity contribution in [3.05, 3.63) is 58.7 Å². The molecular weight excluding hydrogens is 228 g/mol. The largest absolute Gasteiger partial charge is 0.0587 e. The summed E-state index contributed by atoms with van der Waals surface area (Å²) in [4.78, 5) is 0. The van der Waals surface area contributed by atoms with E-state index in [0.29, 0.717) is 11.1 Å². The second kappa shape index (κ2) is 4.85. The summed E-state index contributed by atoms with van der Waals surface area (Å²) < 4.78 is 47.2. The molecule has 0 atom stereocenters. The molecule has 0 saturated carbocycles. The Bertz CT molecular complexity index is 776. The van der Waals surface area contributed by atoms with E-state index in [2.05, 4.69) is 0 Å². The van der Waals surface area contributed by atoms with Gasteiger partial charge in [-0.05, 0) is 53.9 Å². The van der Waals surface area contributed by atoms with E-state index in [1.54, 1.807) is 24.3 Å². The first-order valence-corrected chi connectivity index (χ1v) is 6.48. The van der Waals surface area contributed by atoms with Crippen LogP contribution in [-0.2, 0) is 5.41 Å². The molecule has 0 heterocycles. The fraction of sp³-hybridized carbons (Fsp3) is 0.368. The third-order valence-corrected chi connectivity index (χ3v) is 3.35. The fourth-order valence-electron chi connectivity index (χ4n) is 2.14. The van der Waals surface area contributed by atoms with Gasteiger partial charge in [0.05, 0.1) is 0 Å². The van der Waals surface area contributed by atoms with E-state index in [-0.39, 0.29) is 16.5 Å². The Kier molecular flexibility index (Phi) is 2.01. The molecule has 0 aliphatic carbocycles. The van der Waals surface area contributed by atoms with Gasteiger partial charge in [-0.25, -0.2) is 0 Å². The van der Waals surface area contributed by atoms with E-state index in [0.717, 1.165) is 11.1 Å². The summed E-state index contributed by atoms with van der Waals surface area (Å²) in [5.74, 6) is 0. The quantitative estimate of drug-likeness (QED) is 0.626. The Labute approximate surface area is 125 Å². The molecule has 100 valence electrons. The highest BCUT2D eigenvalue weighted by atomic mass is 14.2. The van der Waals surface area contributed by atoms with Crippen LogP contribution in [-0.4, -0.2) is 0 Å². The minimum Gasteiger partial charge on any atom is -0.0587 e. The average Bonchev–Trinajstić information content (AvgIpc) is 2.44. The first-order valence-electron chi connectivity index (χ1n) is 9.48. The molecule has 0 radical (unpaired) electrons. The molecule has 0 saturated heterocycles. The van der Waals surface area contributed by atoms with Crippen LogP contribution in [0.1, 0.15) is 51.2 Å². The van der Waals surface area contributed by atoms with Crippen LogP contribution in [0.2, 0.25) is 0 Å². The Balaban J connectivity index is 2.81. The Morgan fingerprint density at radius 1 is 0.842 bits per heavy atom. The molecule has 0 N–H and O–H groups in total. The number of hydrogen-bond donors (Lipinski definition) is 0. The molecule has 0 aromatic heterocycles. The van der Waals surface area contributed by atoms with Crippen LogP contribution in [0.3, 0.4) is 0 Å². The van der Waals surface area contributed by atoms with Crippen molar-refractivity contribution in [3.8, 4) is 11.1 Å². The van der Waals surface area contributed by atoms with Gasteiger partial charge in [0.25, 0.3) is 0 Å². The smallest absolute Gasteiger partial charge is 0.0280 e. The van der Waals surface area contributed by atoms with Crippen molar-refractivity contribution in [1.29, 1.82) is 0 Å². The third-order valence-electron chi connectivity index (χ3n) is 3.35. The lowest BCUT2D eigenvalue weighted by molar-refractivity contribution is 0.590. The topological polar surface area (TPSA) is 0 Å². The first-order chi connectivity index (χ1) is 11.2. The van der Waals surface area contributed by atoms with Crippen LogP contribution in [0, 0.1) is 20.6 Å². The molecule has 0 aliphatic rings. The summed E-state index contributed by atoms with van der Waals surface area (Å²) in [6, 6.07) is 10.4. The summed E-state index contributed by atoms with van der Waals surface area (Å²) >= 11 is 0. The van der Waals surface area contributed by atoms with Gasteiger partial charge in [0.2, 0.25) is 0 Å². The average molecular weight is 258 g/mol. The van der Waals surface area contributed by atoms with Crippen LogP contribution >= 0.6 is 0 Å². The predicted octanol–water partition coefficient (Wildman–Crippen LogP) is 5.58. The fourth-order valence-corrected chi connectivity index (χ4v) is 2.14. The van der Waals surface area contributed by atoms with Gasteiger partial charge in [-0.3, -0.25) is 0 Å². The molecule has 19 heavy (non-hydrogen) atoms. The monoisotopic (exact) mass is 258 g/mol. The standard InChI is InChI=1S/C19H24/c1-13-7-9-17(14(2)11-13)18-10-8-16(12-15(18)3)19(4,5)6/h7-12H,1-6H3/i2D3,3D3. The highest BCUT2D eigenvalue weighted by molar-refractivity contribution is 5.71. The van der Waals surface area contributed by atoms with Crippen molar-refractivity contribution in [2.24, 2.45) is 0 Å². The zero-order valence-electron chi connectivity index (χ0n) is 18.0. The van der Waals surface area contributed by atoms with Crippen LogP contribution in [0.25, 0.3) is 11.1 Å². The van der Waals surface area contributed by atoms with Gasteiger partial charge in [-0.2, -0.15) is 0 Å². The van der Waals surface area contributed by atoms with Crippen LogP contribution in [0.4, 0.5) is 0 Å². The minimum absolute atomic E-state index is 0.182. The van der Waals surface area contributed by atoms with Crippen LogP contribution in [0.15, 0.2) is 36.4 Å². The number of aryl methyl sites for hydroxylation is 3. The van der Waals surface area contributed by atoms with Gasteiger partial charge in [-0.1, -0.05) is 62.7 Å². The lowest BCUT2D eigenvalue weighted by atomic mass is 9.84. The van der Waals surface area contributed by atoms with Crippen molar-refractivity contribution in [2.45, 2.75) is 46.8 Å². The number of rotatable bonds is 1. The molecule has 0 bridgehead atoms. The summed E-state index contributed by atoms with van der Waals surface area (Å²) in [6.07, 6.45) is 0. The number of benzene rings is 2. The van der Waals surface area contributed by atoms with E-state index in [1.165, 1.54) is 0 Å². The zero-order valence-corrected chi connectivity index (χ0v) is 12.0. The molecule has 0 nitrogen and oxygen atoms in total. The maximum absolute atomic E-state index is 7.93. The molecule has 0 amide bonds. The first kappa shape index (κ1) is 7.89. The van der Waals surface area contributed by atoms with Gasteiger partial charge in [0, 0.05) is 8.22 Å². The Morgan fingerprint density at radius 3 is 2.00 bits per heavy atom. The molecular formula is C19H24. The SMILES string of the molecule is [2H]C([2H])([2H])c1cc(C)ccc1-c1ccc(C(C)(C)C)cc1C([2H])([2H])[2H]. The molecule has 0 unspecified atom stereocenters. The molecule has 2 rings (SSSR count). The highest BCUT2D eigenvalue weighted by Crippen LogP contribution is 2.31. The summed E-state index contributed by atoms with van der Waals surface area (Å²) in [5.41, 5.74) is 2.83. The van der Waals surface area contributed by atoms with E-state index in [1.807, 2.05) is 39.8 Å². The Morgan fingerprint density at radius 2 is 1.42 bits per heavy atom. The van der Waals surface area contributed by atoms with Crippen molar-refractivity contribution in [3.63, 3.8) is 0 Å². The zero-order chi connectivity index (χ0) is 19.2. The maximum Gasteiger partial charge on any atom is 0.0280 e. The van der Waals surface area contributed by atoms with E-state index in [4.69, 9.17) is 8.22 Å². The summed E-state index contributed by atoms with van der Waals surface area (Å²) in [5, 5.41) is 0. The van der Waals surface area contributed by atoms with Gasteiger partial charge < -0.3 is 0 Å². The summed E-state index contributed by atoms with van der Waals surface area (Å²) in [7, 11) is 0. The predicted molar refractivity (Wildman–Crippen MR) is 84.8 cm³/mol. The van der Waals surface area contributed by atoms with Crippen molar-refractivity contribution < 1.29 is 8.22 Å². The maximum atomic E-state index is 7.93. The molecule has 2 aromatic carbocycles. The van der Waals surface area contributed by atoms with Gasteiger partial charge in [-0.15, -0.1) is 0 Å². The van der Waals surface area contributed by atoms with E-state index < -0.39 is 13.7 Å². The van der Waals surface area contributed by atoms with Gasteiger partial charge >= 0.3 is 0 Å². The van der Waals surface area contributed by atoms with Gasteiger partial charge in [0.1, 0.15) is 0 Å². The molecule has 0 aliphatic heterocycles. The third kappa shape index (κ3) is 2.89. The van der Waals surface area contributed by atoms with Crippen molar-refractivity contribution >= 4 is 0 Å². The normalized spacial score (nSPS) is 17.7. The second-order valence-corrected chi connectivity index (χ2v) is 6.06. The lowest BCUT2D eigenvalue weighted by Crippen LogP contribution is -2.11. The van der Waals surface area contributed by atoms with Gasteiger partial charge in [0.15, 0.2) is 0 Å². The van der Waals surface area contributed by atoms with E-state index >= 15 is 0 Å². The molecule has 0 heteroatoms. The minimum atomic E-state index is -2.33. The Hall–Kier alpha value is -1.56. The lowest BCUT2D eigenvalue weighted by Gasteiger charge is -2.21. The van der Waals surface area contributed by atoms with E-state index in [9.17, 15) is 0 Å². The molecule has 2 aromatic rings. The van der Waals surface area contributed by atoms with Crippen molar-refractivity contribution in [1.82, 2.24) is 0 Å². The molecule has 0 spiro atoms. The summed E-state index contributed by atoms with van der Waals surface area (Å²) in [6.45, 7) is 3.25. The highest BCUT2D eigenvalue weighted by Gasteiger charge is 2.15. The van der Waals surface area contributed by atoms with Crippen molar-refractivity contribution in [2.75, 3.05) is 0 Å². The van der Waals surface area contributed by atoms with Crippen LogP contribution in [0.5, 0.6) is 0 Å².